The van der Waals surface area contributed by atoms with Crippen molar-refractivity contribution in [3.8, 4) is 0 Å². The first-order valence-electron chi connectivity index (χ1n) is 5.66. The number of hydrogen-bond donors (Lipinski definition) is 0. The van der Waals surface area contributed by atoms with Gasteiger partial charge in [-0.15, -0.1) is 11.6 Å². The maximum Gasteiger partial charge on any atom is 0.0474 e. The van der Waals surface area contributed by atoms with Gasteiger partial charge in [0.05, 0.1) is 0 Å². The van der Waals surface area contributed by atoms with E-state index in [1.54, 1.807) is 0 Å². The van der Waals surface area contributed by atoms with E-state index in [-0.39, 0.29) is 0 Å². The van der Waals surface area contributed by atoms with Gasteiger partial charge in [-0.1, -0.05) is 29.8 Å². The Morgan fingerprint density at radius 3 is 1.82 bits per heavy atom. The van der Waals surface area contributed by atoms with Crippen molar-refractivity contribution in [3.63, 3.8) is 0 Å². The summed E-state index contributed by atoms with van der Waals surface area (Å²) in [5.74, 6) is 0.564. The molecule has 1 nitrogen and oxygen atoms in total. The van der Waals surface area contributed by atoms with Crippen molar-refractivity contribution in [2.24, 2.45) is 0 Å². The first-order chi connectivity index (χ1) is 8.20. The molecule has 2 aromatic rings. The third-order valence-corrected chi connectivity index (χ3v) is 3.21. The molecule has 17 heavy (non-hydrogen) atoms. The lowest BCUT2D eigenvalue weighted by Gasteiger charge is -2.19. The fourth-order valence-corrected chi connectivity index (χ4v) is 1.90. The van der Waals surface area contributed by atoms with Crippen LogP contribution in [0.4, 0.5) is 11.4 Å². The summed E-state index contributed by atoms with van der Waals surface area (Å²) in [5.41, 5.74) is 4.78. The molecule has 0 saturated carbocycles. The molecule has 2 rings (SSSR count). The van der Waals surface area contributed by atoms with E-state index < -0.39 is 0 Å². The van der Waals surface area contributed by atoms with Crippen LogP contribution < -0.4 is 4.90 Å². The molecule has 0 aromatic heterocycles. The van der Waals surface area contributed by atoms with Gasteiger partial charge in [-0.05, 0) is 36.8 Å². The Labute approximate surface area is 108 Å². The van der Waals surface area contributed by atoms with Gasteiger partial charge in [-0.3, -0.25) is 0 Å². The topological polar surface area (TPSA) is 3.24 Å². The highest BCUT2D eigenvalue weighted by Crippen LogP contribution is 2.24. The van der Waals surface area contributed by atoms with Crippen LogP contribution in [0.3, 0.4) is 0 Å². The van der Waals surface area contributed by atoms with Gasteiger partial charge >= 0.3 is 0 Å². The molecule has 0 heterocycles. The second-order valence-electron chi connectivity index (χ2n) is 4.19. The van der Waals surface area contributed by atoms with Gasteiger partial charge in [-0.25, -0.2) is 0 Å². The molecule has 2 aromatic carbocycles. The van der Waals surface area contributed by atoms with Crippen molar-refractivity contribution in [2.75, 3.05) is 11.9 Å². The van der Waals surface area contributed by atoms with E-state index in [1.807, 2.05) is 0 Å². The predicted octanol–water partition coefficient (Wildman–Crippen LogP) is 4.50. The number of nitrogens with zero attached hydrogens (tertiary/aromatic N) is 1. The Morgan fingerprint density at radius 2 is 1.35 bits per heavy atom. The average Bonchev–Trinajstić information content (AvgIpc) is 2.39. The monoisotopic (exact) mass is 245 g/mol. The van der Waals surface area contributed by atoms with Gasteiger partial charge in [0, 0.05) is 24.3 Å². The number of halogens is 1. The highest BCUT2D eigenvalue weighted by molar-refractivity contribution is 6.17. The fraction of sp³-hybridized carbons (Fsp3) is 0.200. The summed E-state index contributed by atoms with van der Waals surface area (Å²) in [5, 5.41) is 0. The number of aryl methyl sites for hydroxylation is 1. The molecule has 0 fully saturated rings. The molecular formula is C15H16ClN. The van der Waals surface area contributed by atoms with Crippen LogP contribution in [0.1, 0.15) is 11.1 Å². The van der Waals surface area contributed by atoms with E-state index in [4.69, 9.17) is 11.6 Å². The van der Waals surface area contributed by atoms with Gasteiger partial charge in [0.1, 0.15) is 0 Å². The molecule has 0 N–H and O–H groups in total. The molecule has 0 aliphatic carbocycles. The zero-order chi connectivity index (χ0) is 12.3. The Morgan fingerprint density at radius 1 is 0.882 bits per heavy atom. The third-order valence-electron chi connectivity index (χ3n) is 2.90. The fourth-order valence-electron chi connectivity index (χ4n) is 1.73. The average molecular weight is 246 g/mol. The van der Waals surface area contributed by atoms with Crippen LogP contribution in [0.25, 0.3) is 0 Å². The summed E-state index contributed by atoms with van der Waals surface area (Å²) in [6, 6.07) is 16.8. The lowest BCUT2D eigenvalue weighted by atomic mass is 10.2. The van der Waals surface area contributed by atoms with Gasteiger partial charge in [0.25, 0.3) is 0 Å². The molecule has 0 unspecified atom stereocenters. The van der Waals surface area contributed by atoms with E-state index in [2.05, 4.69) is 67.4 Å². The van der Waals surface area contributed by atoms with E-state index in [0.29, 0.717) is 5.88 Å². The Balaban J connectivity index is 2.23. The van der Waals surface area contributed by atoms with Crippen molar-refractivity contribution in [3.05, 3.63) is 59.7 Å². The normalized spacial score (nSPS) is 10.3. The zero-order valence-electron chi connectivity index (χ0n) is 10.2. The molecule has 2 heteroatoms. The van der Waals surface area contributed by atoms with Gasteiger partial charge in [-0.2, -0.15) is 0 Å². The molecule has 0 bridgehead atoms. The number of hydrogen-bond acceptors (Lipinski definition) is 1. The largest absolute Gasteiger partial charge is 0.345 e. The predicted molar refractivity (Wildman–Crippen MR) is 75.2 cm³/mol. The summed E-state index contributed by atoms with van der Waals surface area (Å²) in [7, 11) is 2.07. The van der Waals surface area contributed by atoms with Crippen molar-refractivity contribution in [1.82, 2.24) is 0 Å². The van der Waals surface area contributed by atoms with Crippen LogP contribution >= 0.6 is 11.6 Å². The number of benzene rings is 2. The second-order valence-corrected chi connectivity index (χ2v) is 4.46. The SMILES string of the molecule is Cc1ccc(N(C)c2ccc(CCl)cc2)cc1. The van der Waals surface area contributed by atoms with Gasteiger partial charge in [0.15, 0.2) is 0 Å². The summed E-state index contributed by atoms with van der Waals surface area (Å²) < 4.78 is 0. The van der Waals surface area contributed by atoms with E-state index in [0.717, 1.165) is 5.56 Å². The first-order valence-corrected chi connectivity index (χ1v) is 6.19. The summed E-state index contributed by atoms with van der Waals surface area (Å²) >= 11 is 5.78. The molecule has 0 amide bonds. The number of rotatable bonds is 3. The quantitative estimate of drug-likeness (QED) is 0.720. The van der Waals surface area contributed by atoms with E-state index >= 15 is 0 Å². The minimum atomic E-state index is 0.564. The lowest BCUT2D eigenvalue weighted by Crippen LogP contribution is -2.09. The molecule has 0 spiro atoms. The van der Waals surface area contributed by atoms with E-state index in [9.17, 15) is 0 Å². The molecule has 0 aliphatic heterocycles. The number of anilines is 2. The van der Waals surface area contributed by atoms with Crippen molar-refractivity contribution in [1.29, 1.82) is 0 Å². The Bertz CT molecular complexity index is 473. The first kappa shape index (κ1) is 12.0. The third kappa shape index (κ3) is 2.80. The molecule has 0 radical (unpaired) electrons. The second kappa shape index (κ2) is 5.24. The van der Waals surface area contributed by atoms with Crippen LogP contribution in [0.15, 0.2) is 48.5 Å². The molecular weight excluding hydrogens is 230 g/mol. The van der Waals surface area contributed by atoms with Gasteiger partial charge < -0.3 is 4.90 Å². The molecule has 0 atom stereocenters. The van der Waals surface area contributed by atoms with Crippen LogP contribution in [0.5, 0.6) is 0 Å². The van der Waals surface area contributed by atoms with Crippen LogP contribution in [0.2, 0.25) is 0 Å². The Kier molecular flexibility index (Phi) is 3.70. The minimum Gasteiger partial charge on any atom is -0.345 e. The molecule has 0 saturated heterocycles. The summed E-state index contributed by atoms with van der Waals surface area (Å²) in [6.07, 6.45) is 0. The van der Waals surface area contributed by atoms with Crippen molar-refractivity contribution >= 4 is 23.0 Å². The standard InChI is InChI=1S/C15H16ClN/c1-12-3-7-14(8-4-12)17(2)15-9-5-13(11-16)6-10-15/h3-10H,11H2,1-2H3. The number of alkyl halides is 1. The van der Waals surface area contributed by atoms with Crippen LogP contribution in [-0.2, 0) is 5.88 Å². The Hall–Kier alpha value is -1.47. The van der Waals surface area contributed by atoms with E-state index in [1.165, 1.54) is 16.9 Å². The molecule has 88 valence electrons. The molecule has 0 aliphatic rings. The maximum atomic E-state index is 5.78. The smallest absolute Gasteiger partial charge is 0.0474 e. The highest BCUT2D eigenvalue weighted by Gasteiger charge is 2.03. The van der Waals surface area contributed by atoms with Crippen molar-refractivity contribution in [2.45, 2.75) is 12.8 Å². The summed E-state index contributed by atoms with van der Waals surface area (Å²) in [4.78, 5) is 2.16. The lowest BCUT2D eigenvalue weighted by molar-refractivity contribution is 1.20. The van der Waals surface area contributed by atoms with Gasteiger partial charge in [0.2, 0.25) is 0 Å². The zero-order valence-corrected chi connectivity index (χ0v) is 10.9. The van der Waals surface area contributed by atoms with Crippen LogP contribution in [0, 0.1) is 6.92 Å². The van der Waals surface area contributed by atoms with Crippen molar-refractivity contribution < 1.29 is 0 Å². The van der Waals surface area contributed by atoms with Crippen LogP contribution in [-0.4, -0.2) is 7.05 Å². The minimum absolute atomic E-state index is 0.564. The summed E-state index contributed by atoms with van der Waals surface area (Å²) in [6.45, 7) is 2.10. The highest BCUT2D eigenvalue weighted by atomic mass is 35.5. The maximum absolute atomic E-state index is 5.78.